The van der Waals surface area contributed by atoms with E-state index in [-0.39, 0.29) is 16.9 Å². The molecule has 0 spiro atoms. The fraction of sp³-hybridized carbons (Fsp3) is 1.00. The molecule has 2 N–H and O–H groups in total. The molecule has 0 radical (unpaired) electrons. The number of aliphatic hydroxyl groups excluding tert-OH is 1. The van der Waals surface area contributed by atoms with Gasteiger partial charge in [0.25, 0.3) is 0 Å². The van der Waals surface area contributed by atoms with Gasteiger partial charge in [0.2, 0.25) is 0 Å². The molecule has 26 heavy (non-hydrogen) atoms. The number of rotatable bonds is 3. The smallest absolute Gasteiger partial charge is 0.0622 e. The van der Waals surface area contributed by atoms with Gasteiger partial charge in [-0.3, -0.25) is 0 Å². The standard InChI is InChI=1S/C23H40O3/c1-15(24)18-7-8-19-17-6-5-16-13-21(2,25)11-12-23(16,14-26-4)20(17)9-10-22(18,19)3/h15-20,24-25H,5-14H2,1-4H3/t15?,16-,17+,18-,19+,20+,21-,22-,23-/m1/s1/i14D/t14?,15?,16-,17+,18-,19+,20+,21-,22-,23-. The van der Waals surface area contributed by atoms with Crippen LogP contribution in [-0.2, 0) is 4.74 Å². The average Bonchev–Trinajstić information content (AvgIpc) is 2.97. The Morgan fingerprint density at radius 3 is 2.54 bits per heavy atom. The molecule has 4 rings (SSSR count). The van der Waals surface area contributed by atoms with E-state index in [4.69, 9.17) is 6.11 Å². The third-order valence-electron chi connectivity index (χ3n) is 9.51. The average molecular weight is 366 g/mol. The fourth-order valence-corrected chi connectivity index (χ4v) is 8.42. The Morgan fingerprint density at radius 2 is 1.85 bits per heavy atom. The van der Waals surface area contributed by atoms with Gasteiger partial charge in [0.1, 0.15) is 0 Å². The summed E-state index contributed by atoms with van der Waals surface area (Å²) >= 11 is 0. The van der Waals surface area contributed by atoms with Gasteiger partial charge in [-0.2, -0.15) is 0 Å². The fourth-order valence-electron chi connectivity index (χ4n) is 8.42. The lowest BCUT2D eigenvalue weighted by Gasteiger charge is -2.62. The van der Waals surface area contributed by atoms with E-state index in [1.165, 1.54) is 19.3 Å². The van der Waals surface area contributed by atoms with Gasteiger partial charge < -0.3 is 14.9 Å². The molecular formula is C23H40O3. The zero-order valence-electron chi connectivity index (χ0n) is 18.2. The molecule has 0 heterocycles. The monoisotopic (exact) mass is 365 g/mol. The van der Waals surface area contributed by atoms with E-state index in [1.54, 1.807) is 7.11 Å². The van der Waals surface area contributed by atoms with Crippen LogP contribution in [0.25, 0.3) is 0 Å². The van der Waals surface area contributed by atoms with Gasteiger partial charge in [-0.15, -0.1) is 0 Å². The Morgan fingerprint density at radius 1 is 1.08 bits per heavy atom. The predicted octanol–water partition coefficient (Wildman–Crippen LogP) is 4.40. The van der Waals surface area contributed by atoms with E-state index in [1.807, 2.05) is 13.8 Å². The van der Waals surface area contributed by atoms with Gasteiger partial charge in [0, 0.05) is 7.11 Å². The van der Waals surface area contributed by atoms with Crippen molar-refractivity contribution in [2.24, 2.45) is 40.4 Å². The predicted molar refractivity (Wildman–Crippen MR) is 104 cm³/mol. The Kier molecular flexibility index (Phi) is 4.46. The highest BCUT2D eigenvalue weighted by Gasteiger charge is 2.62. The van der Waals surface area contributed by atoms with Crippen LogP contribution in [0.3, 0.4) is 0 Å². The summed E-state index contributed by atoms with van der Waals surface area (Å²) in [6.45, 7) is 5.93. The molecule has 0 bridgehead atoms. The third-order valence-corrected chi connectivity index (χ3v) is 9.51. The van der Waals surface area contributed by atoms with Crippen LogP contribution in [0.15, 0.2) is 0 Å². The molecule has 3 heteroatoms. The van der Waals surface area contributed by atoms with Gasteiger partial charge in [0.05, 0.1) is 19.7 Å². The van der Waals surface area contributed by atoms with Gasteiger partial charge in [-0.25, -0.2) is 0 Å². The van der Waals surface area contributed by atoms with E-state index in [0.717, 1.165) is 38.5 Å². The molecule has 0 amide bonds. The second kappa shape index (κ2) is 6.46. The van der Waals surface area contributed by atoms with E-state index in [2.05, 4.69) is 6.92 Å². The first-order chi connectivity index (χ1) is 12.7. The second-order valence-electron chi connectivity index (χ2n) is 10.8. The first kappa shape index (κ1) is 17.9. The molecular weight excluding hydrogens is 324 g/mol. The lowest BCUT2D eigenvalue weighted by atomic mass is 9.43. The summed E-state index contributed by atoms with van der Waals surface area (Å²) in [6, 6.07) is 0. The van der Waals surface area contributed by atoms with Crippen LogP contribution in [0.5, 0.6) is 0 Å². The van der Waals surface area contributed by atoms with Crippen molar-refractivity contribution in [2.75, 3.05) is 13.7 Å². The highest BCUT2D eigenvalue weighted by Crippen LogP contribution is 2.68. The molecule has 2 unspecified atom stereocenters. The normalized spacial score (nSPS) is 56.7. The first-order valence-corrected chi connectivity index (χ1v) is 11.0. The third kappa shape index (κ3) is 2.71. The molecule has 4 aliphatic carbocycles. The Balaban J connectivity index is 1.68. The van der Waals surface area contributed by atoms with Crippen LogP contribution in [0.4, 0.5) is 0 Å². The van der Waals surface area contributed by atoms with Crippen molar-refractivity contribution in [1.82, 2.24) is 0 Å². The lowest BCUT2D eigenvalue weighted by molar-refractivity contribution is -0.176. The molecule has 3 nitrogen and oxygen atoms in total. The van der Waals surface area contributed by atoms with Crippen molar-refractivity contribution in [3.63, 3.8) is 0 Å². The summed E-state index contributed by atoms with van der Waals surface area (Å²) in [4.78, 5) is 0. The molecule has 0 aliphatic heterocycles. The first-order valence-electron chi connectivity index (χ1n) is 11.6. The Labute approximate surface area is 161 Å². The molecule has 0 aromatic heterocycles. The topological polar surface area (TPSA) is 49.7 Å². The minimum Gasteiger partial charge on any atom is -0.393 e. The van der Waals surface area contributed by atoms with Crippen molar-refractivity contribution in [3.8, 4) is 0 Å². The summed E-state index contributed by atoms with van der Waals surface area (Å²) in [6.07, 6.45) is 9.43. The molecule has 10 atom stereocenters. The van der Waals surface area contributed by atoms with Gasteiger partial charge in [-0.1, -0.05) is 6.92 Å². The molecule has 4 aliphatic rings. The highest BCUT2D eigenvalue weighted by atomic mass is 16.5. The van der Waals surface area contributed by atoms with Crippen LogP contribution in [0, 0.1) is 40.4 Å². The zero-order valence-corrected chi connectivity index (χ0v) is 17.2. The van der Waals surface area contributed by atoms with Crippen LogP contribution < -0.4 is 0 Å². The minimum absolute atomic E-state index is 0.0931. The highest BCUT2D eigenvalue weighted by molar-refractivity contribution is 5.11. The van der Waals surface area contributed by atoms with E-state index in [0.29, 0.717) is 29.6 Å². The molecule has 150 valence electrons. The quantitative estimate of drug-likeness (QED) is 0.779. The van der Waals surface area contributed by atoms with Crippen molar-refractivity contribution in [1.29, 1.82) is 0 Å². The number of ether oxygens (including phenoxy) is 1. The van der Waals surface area contributed by atoms with Gasteiger partial charge in [0.15, 0.2) is 0 Å². The summed E-state index contributed by atoms with van der Waals surface area (Å²) in [7, 11) is 1.70. The lowest BCUT2D eigenvalue weighted by Crippen LogP contribution is -2.58. The van der Waals surface area contributed by atoms with Crippen LogP contribution >= 0.6 is 0 Å². The maximum Gasteiger partial charge on any atom is 0.0622 e. The summed E-state index contributed by atoms with van der Waals surface area (Å²) in [5.74, 6) is 2.72. The van der Waals surface area contributed by atoms with Crippen molar-refractivity contribution in [3.05, 3.63) is 0 Å². The van der Waals surface area contributed by atoms with Crippen LogP contribution in [0.1, 0.15) is 79.9 Å². The number of methoxy groups -OCH3 is 1. The van der Waals surface area contributed by atoms with E-state index >= 15 is 0 Å². The van der Waals surface area contributed by atoms with Gasteiger partial charge >= 0.3 is 0 Å². The Bertz CT molecular complexity index is 564. The summed E-state index contributed by atoms with van der Waals surface area (Å²) < 4.78 is 14.6. The number of fused-ring (bicyclic) bond motifs is 5. The summed E-state index contributed by atoms with van der Waals surface area (Å²) in [5.41, 5.74) is -0.416. The van der Waals surface area contributed by atoms with Crippen LogP contribution in [0.2, 0.25) is 0 Å². The molecule has 4 saturated carbocycles. The molecule has 0 saturated heterocycles. The molecule has 0 aromatic carbocycles. The van der Waals surface area contributed by atoms with Crippen molar-refractivity contribution in [2.45, 2.75) is 90.3 Å². The van der Waals surface area contributed by atoms with E-state index in [9.17, 15) is 10.2 Å². The molecule has 4 fully saturated rings. The SMILES string of the molecule is [2H]C(OC)[C@]12CC[C@@](C)(O)C[C@H]1CC[C@H]1[C@@H]3CC[C@H](C(C)O)[C@@]3(C)CC[C@@H]12. The maximum absolute atomic E-state index is 10.7. The maximum atomic E-state index is 10.7. The van der Waals surface area contributed by atoms with Crippen molar-refractivity contribution >= 4 is 0 Å². The number of aliphatic hydroxyl groups is 2. The van der Waals surface area contributed by atoms with Gasteiger partial charge in [-0.05, 0) is 112 Å². The van der Waals surface area contributed by atoms with Crippen molar-refractivity contribution < 1.29 is 16.3 Å². The Hall–Kier alpha value is -0.120. The second-order valence-corrected chi connectivity index (χ2v) is 10.8. The molecule has 0 aromatic rings. The number of hydrogen-bond acceptors (Lipinski definition) is 3. The number of hydrogen-bond donors (Lipinski definition) is 2. The summed E-state index contributed by atoms with van der Waals surface area (Å²) in [5, 5.41) is 21.1. The largest absolute Gasteiger partial charge is 0.393 e. The van der Waals surface area contributed by atoms with Crippen LogP contribution in [-0.4, -0.2) is 35.6 Å². The minimum atomic E-state index is -0.581. The van der Waals surface area contributed by atoms with E-state index < -0.39 is 12.2 Å². The zero-order chi connectivity index (χ0) is 19.6.